The van der Waals surface area contributed by atoms with Crippen molar-refractivity contribution in [2.24, 2.45) is 62.9 Å². The van der Waals surface area contributed by atoms with E-state index < -0.39 is 0 Å². The zero-order chi connectivity index (χ0) is 26.6. The highest BCUT2D eigenvalue weighted by atomic mass is 16.6. The summed E-state index contributed by atoms with van der Waals surface area (Å²) in [6.07, 6.45) is 14.7. The minimum absolute atomic E-state index is 0.0140. The van der Waals surface area contributed by atoms with Crippen LogP contribution in [0.25, 0.3) is 0 Å². The van der Waals surface area contributed by atoms with E-state index in [2.05, 4.69) is 53.8 Å². The number of carbonyl (C=O) groups is 1. The van der Waals surface area contributed by atoms with Gasteiger partial charge >= 0.3 is 6.09 Å². The Balaban J connectivity index is 1.28. The van der Waals surface area contributed by atoms with Gasteiger partial charge in [0.15, 0.2) is 0 Å². The number of rotatable bonds is 3. The normalized spacial score (nSPS) is 52.5. The molecule has 10 atom stereocenters. The lowest BCUT2D eigenvalue weighted by Crippen LogP contribution is -2.68. The van der Waals surface area contributed by atoms with Crippen molar-refractivity contribution < 1.29 is 9.53 Å². The molecule has 6 aliphatic carbocycles. The predicted molar refractivity (Wildman–Crippen MR) is 150 cm³/mol. The van der Waals surface area contributed by atoms with Crippen molar-refractivity contribution in [1.82, 2.24) is 5.32 Å². The van der Waals surface area contributed by atoms with Gasteiger partial charge in [0.25, 0.3) is 0 Å². The maximum absolute atomic E-state index is 12.6. The van der Waals surface area contributed by atoms with E-state index in [9.17, 15) is 4.79 Å². The average Bonchev–Trinajstić information content (AvgIpc) is 3.54. The van der Waals surface area contributed by atoms with Gasteiger partial charge in [-0.1, -0.05) is 48.5 Å². The molecule has 0 heterocycles. The number of carbonyl (C=O) groups excluding carboxylic acids is 1. The fourth-order valence-corrected chi connectivity index (χ4v) is 12.2. The molecule has 0 aromatic heterocycles. The number of alkyl carbamates (subject to hydrolysis) is 1. The summed E-state index contributed by atoms with van der Waals surface area (Å²) in [4.78, 5) is 12.6. The van der Waals surface area contributed by atoms with Gasteiger partial charge < -0.3 is 15.8 Å². The quantitative estimate of drug-likeness (QED) is 0.407. The molecular weight excluding hydrogens is 456 g/mol. The van der Waals surface area contributed by atoms with E-state index in [1.165, 1.54) is 57.8 Å². The number of amides is 1. The van der Waals surface area contributed by atoms with Gasteiger partial charge in [-0.2, -0.15) is 0 Å². The third kappa shape index (κ3) is 3.65. The summed E-state index contributed by atoms with van der Waals surface area (Å²) >= 11 is 0. The summed E-state index contributed by atoms with van der Waals surface area (Å²) in [5.41, 5.74) is 8.46. The molecule has 0 unspecified atom stereocenters. The van der Waals surface area contributed by atoms with Crippen molar-refractivity contribution in [2.45, 2.75) is 143 Å². The Morgan fingerprint density at radius 3 is 2.22 bits per heavy atom. The van der Waals surface area contributed by atoms with Crippen LogP contribution in [0, 0.1) is 57.2 Å². The third-order valence-electron chi connectivity index (χ3n) is 14.5. The monoisotopic (exact) mass is 512 g/mol. The molecule has 3 N–H and O–H groups in total. The molecule has 210 valence electrons. The topological polar surface area (TPSA) is 64.3 Å². The van der Waals surface area contributed by atoms with Crippen molar-refractivity contribution in [2.75, 3.05) is 0 Å². The van der Waals surface area contributed by atoms with E-state index in [1.807, 2.05) is 0 Å². The van der Waals surface area contributed by atoms with Crippen LogP contribution in [0.4, 0.5) is 4.79 Å². The molecule has 0 radical (unpaired) electrons. The van der Waals surface area contributed by atoms with Crippen molar-refractivity contribution in [3.63, 3.8) is 0 Å². The molecule has 6 fully saturated rings. The Labute approximate surface area is 227 Å². The van der Waals surface area contributed by atoms with Crippen LogP contribution in [0.2, 0.25) is 0 Å². The Morgan fingerprint density at radius 2 is 1.54 bits per heavy atom. The Morgan fingerprint density at radius 1 is 0.811 bits per heavy atom. The molecule has 0 aromatic carbocycles. The van der Waals surface area contributed by atoms with Crippen molar-refractivity contribution in [1.29, 1.82) is 0 Å². The molecule has 1 amide bonds. The standard InChI is InChI=1S/C33H56N2O2/c1-20(2)22-12-17-33(34)19-18-31(6)23(27(22)33)10-11-25-30(5)15-14-26(37-28(36)35-21-8-9-21)29(3,4)24(30)13-16-32(25,31)7/h20-27H,8-19,34H2,1-7H3,(H,35,36)/t22-,23+,24-,25+,26+,27+,30-,31+,32+,33-/m0/s1. The van der Waals surface area contributed by atoms with Gasteiger partial charge in [0.1, 0.15) is 6.10 Å². The van der Waals surface area contributed by atoms with Crippen LogP contribution in [-0.2, 0) is 4.74 Å². The Bertz CT molecular complexity index is 927. The van der Waals surface area contributed by atoms with E-state index in [-0.39, 0.29) is 23.2 Å². The van der Waals surface area contributed by atoms with Gasteiger partial charge in [-0.05, 0) is 129 Å². The van der Waals surface area contributed by atoms with Crippen molar-refractivity contribution >= 4 is 6.09 Å². The Kier molecular flexibility index (Phi) is 5.98. The average molecular weight is 513 g/mol. The minimum atomic E-state index is -0.179. The lowest BCUT2D eigenvalue weighted by atomic mass is 9.32. The highest BCUT2D eigenvalue weighted by Crippen LogP contribution is 2.76. The molecule has 4 heteroatoms. The van der Waals surface area contributed by atoms with Crippen LogP contribution in [0.3, 0.4) is 0 Å². The first-order valence-electron chi connectivity index (χ1n) is 16.0. The second-order valence-electron chi connectivity index (χ2n) is 16.5. The zero-order valence-corrected chi connectivity index (χ0v) is 25.0. The predicted octanol–water partition coefficient (Wildman–Crippen LogP) is 7.69. The first-order chi connectivity index (χ1) is 17.3. The van der Waals surface area contributed by atoms with Crippen LogP contribution in [0.1, 0.15) is 126 Å². The maximum atomic E-state index is 12.6. The van der Waals surface area contributed by atoms with Crippen LogP contribution >= 0.6 is 0 Å². The van der Waals surface area contributed by atoms with Crippen LogP contribution in [-0.4, -0.2) is 23.8 Å². The molecule has 6 rings (SSSR count). The summed E-state index contributed by atoms with van der Waals surface area (Å²) in [6, 6.07) is 0.355. The largest absolute Gasteiger partial charge is 0.446 e. The summed E-state index contributed by atoms with van der Waals surface area (Å²) in [7, 11) is 0. The number of nitrogens with two attached hydrogens (primary N) is 1. The molecule has 0 aliphatic heterocycles. The maximum Gasteiger partial charge on any atom is 0.407 e. The van der Waals surface area contributed by atoms with Crippen molar-refractivity contribution in [3.8, 4) is 0 Å². The third-order valence-corrected chi connectivity index (χ3v) is 14.5. The van der Waals surface area contributed by atoms with E-state index in [4.69, 9.17) is 10.5 Å². The van der Waals surface area contributed by atoms with Crippen molar-refractivity contribution in [3.05, 3.63) is 0 Å². The van der Waals surface area contributed by atoms with Gasteiger partial charge in [0, 0.05) is 17.0 Å². The fraction of sp³-hybridized carbons (Fsp3) is 0.970. The van der Waals surface area contributed by atoms with E-state index in [0.29, 0.717) is 34.1 Å². The minimum Gasteiger partial charge on any atom is -0.446 e. The second-order valence-corrected chi connectivity index (χ2v) is 16.5. The summed E-state index contributed by atoms with van der Waals surface area (Å²) in [5, 5.41) is 3.07. The smallest absolute Gasteiger partial charge is 0.407 e. The van der Waals surface area contributed by atoms with Crippen LogP contribution in [0.5, 0.6) is 0 Å². The fourth-order valence-electron chi connectivity index (χ4n) is 12.2. The molecular formula is C33H56N2O2. The first-order valence-corrected chi connectivity index (χ1v) is 16.0. The summed E-state index contributed by atoms with van der Waals surface area (Å²) in [5.74, 6) is 4.39. The zero-order valence-electron chi connectivity index (χ0n) is 25.0. The number of ether oxygens (including phenoxy) is 1. The highest BCUT2D eigenvalue weighted by Gasteiger charge is 2.70. The SMILES string of the molecule is CC(C)[C@@H]1CC[C@]2(N)CC[C@]3(C)[C@H](CC[C@@H]4[C@@]5(C)CC[C@@H](OC(=O)NC6CC6)C(C)(C)[C@@H]5CC[C@]43C)[C@@H]12. The number of nitrogens with one attached hydrogen (secondary N) is 1. The molecule has 0 saturated heterocycles. The number of hydrogen-bond donors (Lipinski definition) is 2. The molecule has 6 aliphatic rings. The van der Waals surface area contributed by atoms with Gasteiger partial charge in [0.2, 0.25) is 0 Å². The van der Waals surface area contributed by atoms with Crippen LogP contribution < -0.4 is 11.1 Å². The van der Waals surface area contributed by atoms with Gasteiger partial charge in [0.05, 0.1) is 0 Å². The summed E-state index contributed by atoms with van der Waals surface area (Å²) in [6.45, 7) is 17.8. The van der Waals surface area contributed by atoms with E-state index >= 15 is 0 Å². The number of fused-ring (bicyclic) bond motifs is 7. The molecule has 0 spiro atoms. The van der Waals surface area contributed by atoms with Gasteiger partial charge in [-0.3, -0.25) is 0 Å². The van der Waals surface area contributed by atoms with Gasteiger partial charge in [-0.15, -0.1) is 0 Å². The Hall–Kier alpha value is -0.770. The van der Waals surface area contributed by atoms with Crippen LogP contribution in [0.15, 0.2) is 0 Å². The van der Waals surface area contributed by atoms with Gasteiger partial charge in [-0.25, -0.2) is 4.79 Å². The molecule has 0 bridgehead atoms. The molecule has 0 aromatic rings. The molecule has 4 nitrogen and oxygen atoms in total. The lowest BCUT2D eigenvalue weighted by molar-refractivity contribution is -0.243. The molecule has 6 saturated carbocycles. The van der Waals surface area contributed by atoms with E-state index in [1.54, 1.807) is 0 Å². The first kappa shape index (κ1) is 26.5. The van der Waals surface area contributed by atoms with E-state index in [0.717, 1.165) is 42.9 Å². The second kappa shape index (κ2) is 8.37. The highest BCUT2D eigenvalue weighted by molar-refractivity contribution is 5.68. The lowest BCUT2D eigenvalue weighted by Gasteiger charge is -2.73. The number of hydrogen-bond acceptors (Lipinski definition) is 3. The molecule has 37 heavy (non-hydrogen) atoms. The summed E-state index contributed by atoms with van der Waals surface area (Å²) < 4.78 is 6.15.